The van der Waals surface area contributed by atoms with Crippen molar-refractivity contribution in [2.24, 2.45) is 5.92 Å². The van der Waals surface area contributed by atoms with Gasteiger partial charge in [0.15, 0.2) is 0 Å². The molecule has 0 aromatic heterocycles. The summed E-state index contributed by atoms with van der Waals surface area (Å²) in [5.74, 6) is 1.92. The Morgan fingerprint density at radius 2 is 1.88 bits per heavy atom. The summed E-state index contributed by atoms with van der Waals surface area (Å²) in [6.07, 6.45) is 7.08. The molecular weight excluding hydrogens is 228 g/mol. The molecule has 1 nitrogen and oxygen atoms in total. The molecule has 0 heterocycles. The maximum atomic E-state index is 9.77. The second kappa shape index (κ2) is 7.07. The number of aliphatic hydroxyl groups excluding tert-OH is 1. The van der Waals surface area contributed by atoms with E-state index in [4.69, 9.17) is 0 Å². The Kier molecular flexibility index (Phi) is 5.40. The zero-order valence-electron chi connectivity index (χ0n) is 10.3. The highest BCUT2D eigenvalue weighted by molar-refractivity contribution is 7.99. The van der Waals surface area contributed by atoms with Crippen molar-refractivity contribution in [3.8, 4) is 0 Å². The number of benzene rings is 1. The summed E-state index contributed by atoms with van der Waals surface area (Å²) in [6.45, 7) is 0. The normalized spacial score (nSPS) is 25.5. The Hall–Kier alpha value is -0.470. The van der Waals surface area contributed by atoms with Gasteiger partial charge in [-0.05, 0) is 43.1 Å². The number of thioether (sulfide) groups is 1. The van der Waals surface area contributed by atoms with Gasteiger partial charge in [-0.3, -0.25) is 0 Å². The lowest BCUT2D eigenvalue weighted by atomic mass is 9.97. The van der Waals surface area contributed by atoms with Crippen LogP contribution in [0.5, 0.6) is 0 Å². The van der Waals surface area contributed by atoms with Crippen LogP contribution in [0.2, 0.25) is 0 Å². The van der Waals surface area contributed by atoms with Crippen LogP contribution in [0, 0.1) is 5.92 Å². The highest BCUT2D eigenvalue weighted by Crippen LogP contribution is 2.28. The van der Waals surface area contributed by atoms with Crippen LogP contribution in [0.1, 0.15) is 38.5 Å². The first-order valence-corrected chi connectivity index (χ1v) is 7.69. The number of hydrogen-bond acceptors (Lipinski definition) is 2. The van der Waals surface area contributed by atoms with Gasteiger partial charge in [0.05, 0.1) is 6.10 Å². The van der Waals surface area contributed by atoms with Gasteiger partial charge in [-0.25, -0.2) is 0 Å². The van der Waals surface area contributed by atoms with Crippen molar-refractivity contribution in [3.05, 3.63) is 30.3 Å². The molecule has 0 aliphatic heterocycles. The van der Waals surface area contributed by atoms with Crippen LogP contribution >= 0.6 is 11.8 Å². The largest absolute Gasteiger partial charge is 0.393 e. The van der Waals surface area contributed by atoms with Crippen molar-refractivity contribution < 1.29 is 5.11 Å². The Labute approximate surface area is 109 Å². The predicted octanol–water partition coefficient (Wildman–Crippen LogP) is 4.11. The molecule has 2 rings (SSSR count). The van der Waals surface area contributed by atoms with Gasteiger partial charge < -0.3 is 5.11 Å². The molecule has 1 N–H and O–H groups in total. The molecule has 1 aliphatic carbocycles. The Balaban J connectivity index is 1.70. The van der Waals surface area contributed by atoms with Crippen LogP contribution < -0.4 is 0 Å². The molecule has 1 aromatic carbocycles. The van der Waals surface area contributed by atoms with Gasteiger partial charge in [0.25, 0.3) is 0 Å². The number of rotatable bonds is 4. The van der Waals surface area contributed by atoms with Gasteiger partial charge in [0.2, 0.25) is 0 Å². The maximum Gasteiger partial charge on any atom is 0.0542 e. The molecule has 1 fully saturated rings. The molecule has 0 radical (unpaired) electrons. The SMILES string of the molecule is OC1CCCCC(CCSc2ccccc2)C1. The smallest absolute Gasteiger partial charge is 0.0542 e. The quantitative estimate of drug-likeness (QED) is 0.641. The van der Waals surface area contributed by atoms with Crippen LogP contribution in [0.4, 0.5) is 0 Å². The number of aliphatic hydroxyl groups is 1. The van der Waals surface area contributed by atoms with Crippen molar-refractivity contribution in [2.45, 2.75) is 49.5 Å². The van der Waals surface area contributed by atoms with Crippen LogP contribution in [0.25, 0.3) is 0 Å². The minimum atomic E-state index is -0.0378. The third-order valence-corrected chi connectivity index (χ3v) is 4.59. The molecular formula is C15H22OS. The molecule has 2 atom stereocenters. The first kappa shape index (κ1) is 13.0. The summed E-state index contributed by atoms with van der Waals surface area (Å²) in [4.78, 5) is 1.36. The molecule has 1 saturated carbocycles. The minimum absolute atomic E-state index is 0.0378. The van der Waals surface area contributed by atoms with Crippen molar-refractivity contribution >= 4 is 11.8 Å². The van der Waals surface area contributed by atoms with E-state index in [1.54, 1.807) is 0 Å². The molecule has 0 saturated heterocycles. The van der Waals surface area contributed by atoms with Gasteiger partial charge in [-0.1, -0.05) is 37.5 Å². The van der Waals surface area contributed by atoms with Crippen molar-refractivity contribution in [1.82, 2.24) is 0 Å². The monoisotopic (exact) mass is 250 g/mol. The molecule has 2 unspecified atom stereocenters. The van der Waals surface area contributed by atoms with Crippen molar-refractivity contribution in [1.29, 1.82) is 0 Å². The number of hydrogen-bond donors (Lipinski definition) is 1. The molecule has 0 spiro atoms. The zero-order chi connectivity index (χ0) is 11.9. The van der Waals surface area contributed by atoms with Crippen LogP contribution in [-0.4, -0.2) is 17.0 Å². The first-order chi connectivity index (χ1) is 8.34. The molecule has 0 bridgehead atoms. The van der Waals surface area contributed by atoms with E-state index in [1.165, 1.54) is 36.3 Å². The molecule has 0 amide bonds. The summed E-state index contributed by atoms with van der Waals surface area (Å²) in [5.41, 5.74) is 0. The van der Waals surface area contributed by atoms with Gasteiger partial charge in [0.1, 0.15) is 0 Å². The van der Waals surface area contributed by atoms with Gasteiger partial charge in [-0.2, -0.15) is 0 Å². The fourth-order valence-electron chi connectivity index (χ4n) is 2.56. The highest BCUT2D eigenvalue weighted by atomic mass is 32.2. The lowest BCUT2D eigenvalue weighted by Crippen LogP contribution is -2.11. The average molecular weight is 250 g/mol. The summed E-state index contributed by atoms with van der Waals surface area (Å²) in [6, 6.07) is 10.6. The average Bonchev–Trinajstić information content (AvgIpc) is 2.55. The summed E-state index contributed by atoms with van der Waals surface area (Å²) in [7, 11) is 0. The summed E-state index contributed by atoms with van der Waals surface area (Å²) in [5, 5.41) is 9.77. The molecule has 17 heavy (non-hydrogen) atoms. The third-order valence-electron chi connectivity index (χ3n) is 3.54. The second-order valence-electron chi connectivity index (χ2n) is 4.99. The van der Waals surface area contributed by atoms with Crippen LogP contribution in [0.15, 0.2) is 35.2 Å². The highest BCUT2D eigenvalue weighted by Gasteiger charge is 2.17. The van der Waals surface area contributed by atoms with E-state index in [0.717, 1.165) is 18.8 Å². The minimum Gasteiger partial charge on any atom is -0.393 e. The first-order valence-electron chi connectivity index (χ1n) is 6.70. The Morgan fingerprint density at radius 1 is 1.12 bits per heavy atom. The van der Waals surface area contributed by atoms with Gasteiger partial charge in [-0.15, -0.1) is 11.8 Å². The van der Waals surface area contributed by atoms with Crippen LogP contribution in [-0.2, 0) is 0 Å². The van der Waals surface area contributed by atoms with E-state index in [0.29, 0.717) is 0 Å². The van der Waals surface area contributed by atoms with E-state index < -0.39 is 0 Å². The lowest BCUT2D eigenvalue weighted by molar-refractivity contribution is 0.140. The third kappa shape index (κ3) is 4.72. The topological polar surface area (TPSA) is 20.2 Å². The second-order valence-corrected chi connectivity index (χ2v) is 6.16. The van der Waals surface area contributed by atoms with E-state index in [1.807, 2.05) is 11.8 Å². The summed E-state index contributed by atoms with van der Waals surface area (Å²) < 4.78 is 0. The zero-order valence-corrected chi connectivity index (χ0v) is 11.2. The van der Waals surface area contributed by atoms with E-state index in [2.05, 4.69) is 30.3 Å². The molecule has 1 aromatic rings. The van der Waals surface area contributed by atoms with Crippen LogP contribution in [0.3, 0.4) is 0 Å². The predicted molar refractivity (Wildman–Crippen MR) is 74.4 cm³/mol. The van der Waals surface area contributed by atoms with Gasteiger partial charge in [0, 0.05) is 4.90 Å². The van der Waals surface area contributed by atoms with E-state index >= 15 is 0 Å². The summed E-state index contributed by atoms with van der Waals surface area (Å²) >= 11 is 1.94. The van der Waals surface area contributed by atoms with E-state index in [9.17, 15) is 5.11 Å². The van der Waals surface area contributed by atoms with Crippen molar-refractivity contribution in [3.63, 3.8) is 0 Å². The Morgan fingerprint density at radius 3 is 2.71 bits per heavy atom. The van der Waals surface area contributed by atoms with Crippen molar-refractivity contribution in [2.75, 3.05) is 5.75 Å². The molecule has 1 aliphatic rings. The van der Waals surface area contributed by atoms with E-state index in [-0.39, 0.29) is 6.10 Å². The fraction of sp³-hybridized carbons (Fsp3) is 0.600. The maximum absolute atomic E-state index is 9.77. The van der Waals surface area contributed by atoms with Gasteiger partial charge >= 0.3 is 0 Å². The Bertz CT molecular complexity index is 312. The lowest BCUT2D eigenvalue weighted by Gasteiger charge is -2.15. The standard InChI is InChI=1S/C15H22OS/c16-14-7-5-4-6-13(12-14)10-11-17-15-8-2-1-3-9-15/h1-3,8-9,13-14,16H,4-7,10-12H2. The fourth-order valence-corrected chi connectivity index (χ4v) is 3.59. The molecule has 94 valence electrons. The molecule has 2 heteroatoms.